The number of ether oxygens (including phenoxy) is 2. The molecule has 0 aromatic rings. The van der Waals surface area contributed by atoms with Crippen molar-refractivity contribution in [3.63, 3.8) is 0 Å². The summed E-state index contributed by atoms with van der Waals surface area (Å²) in [4.78, 5) is 26.2. The highest BCUT2D eigenvalue weighted by molar-refractivity contribution is 8.77. The molecule has 192 valence electrons. The summed E-state index contributed by atoms with van der Waals surface area (Å²) in [5, 5.41) is 0. The molecule has 0 rings (SSSR count). The molecule has 0 aliphatic heterocycles. The van der Waals surface area contributed by atoms with Crippen LogP contribution in [0.4, 0.5) is 0 Å². The van der Waals surface area contributed by atoms with E-state index in [0.717, 1.165) is 64.6 Å². The highest BCUT2D eigenvalue weighted by atomic mass is 33.1. The first-order valence-corrected chi connectivity index (χ1v) is 15.1. The van der Waals surface area contributed by atoms with E-state index in [0.29, 0.717) is 19.1 Å². The quantitative estimate of drug-likeness (QED) is 0.0709. The zero-order valence-electron chi connectivity index (χ0n) is 21.4. The number of rotatable bonds is 22. The van der Waals surface area contributed by atoms with Gasteiger partial charge in [-0.15, -0.1) is 0 Å². The van der Waals surface area contributed by atoms with Crippen LogP contribution in [0.15, 0.2) is 24.3 Å². The summed E-state index contributed by atoms with van der Waals surface area (Å²) in [5.41, 5.74) is 0. The van der Waals surface area contributed by atoms with Gasteiger partial charge in [0.25, 0.3) is 0 Å². The molecular weight excluding hydrogens is 454 g/mol. The number of nitrogens with zero attached hydrogens (tertiary/aromatic N) is 1. The van der Waals surface area contributed by atoms with Crippen LogP contribution in [-0.4, -0.2) is 61.2 Å². The minimum absolute atomic E-state index is 0.206. The van der Waals surface area contributed by atoms with Gasteiger partial charge in [-0.2, -0.15) is 0 Å². The van der Waals surface area contributed by atoms with E-state index < -0.39 is 0 Å². The summed E-state index contributed by atoms with van der Waals surface area (Å²) in [7, 11) is 2.71. The molecule has 0 spiro atoms. The van der Waals surface area contributed by atoms with E-state index >= 15 is 0 Å². The van der Waals surface area contributed by atoms with Crippen LogP contribution in [0, 0.1) is 5.92 Å². The molecule has 5 nitrogen and oxygen atoms in total. The monoisotopic (exact) mass is 501 g/mol. The molecule has 0 aliphatic rings. The van der Waals surface area contributed by atoms with Crippen molar-refractivity contribution in [2.24, 2.45) is 5.92 Å². The van der Waals surface area contributed by atoms with Gasteiger partial charge in [-0.05, 0) is 70.9 Å². The lowest BCUT2D eigenvalue weighted by molar-refractivity contribution is -0.142. The fourth-order valence-electron chi connectivity index (χ4n) is 3.28. The fourth-order valence-corrected chi connectivity index (χ4v) is 4.88. The van der Waals surface area contributed by atoms with Crippen molar-refractivity contribution in [3.8, 4) is 0 Å². The molecule has 0 saturated carbocycles. The number of hydrogen-bond donors (Lipinski definition) is 0. The molecule has 0 N–H and O–H groups in total. The van der Waals surface area contributed by atoms with Crippen molar-refractivity contribution in [3.05, 3.63) is 24.3 Å². The number of unbranched alkanes of at least 4 members (excludes halogenated alkanes) is 2. The minimum atomic E-state index is -0.224. The van der Waals surface area contributed by atoms with E-state index in [1.807, 2.05) is 6.92 Å². The van der Waals surface area contributed by atoms with Crippen LogP contribution in [0.5, 0.6) is 0 Å². The Labute approximate surface area is 210 Å². The zero-order chi connectivity index (χ0) is 24.6. The van der Waals surface area contributed by atoms with Gasteiger partial charge in [0.05, 0.1) is 13.2 Å². The molecule has 0 saturated heterocycles. The Balaban J connectivity index is 3.96. The second-order valence-electron chi connectivity index (χ2n) is 7.98. The van der Waals surface area contributed by atoms with E-state index in [9.17, 15) is 9.59 Å². The normalized spacial score (nSPS) is 12.6. The maximum absolute atomic E-state index is 12.1. The number of esters is 2. The van der Waals surface area contributed by atoms with Crippen molar-refractivity contribution in [1.82, 2.24) is 4.90 Å². The molecule has 0 aromatic heterocycles. The maximum atomic E-state index is 12.1. The second-order valence-corrected chi connectivity index (χ2v) is 10.4. The minimum Gasteiger partial charge on any atom is -0.465 e. The average Bonchev–Trinajstić information content (AvgIpc) is 2.82. The van der Waals surface area contributed by atoms with Gasteiger partial charge in [0.15, 0.2) is 0 Å². The van der Waals surface area contributed by atoms with Gasteiger partial charge in [-0.3, -0.25) is 9.59 Å². The Bertz CT molecular complexity index is 536. The molecule has 1 unspecified atom stereocenters. The molecule has 0 aliphatic carbocycles. The Morgan fingerprint density at radius 3 is 2.18 bits per heavy atom. The standard InChI is InChI=1S/C26H47NO4S2/c1-5-9-11-12-13-15-18-24(17-14-10-6-2)21-31-26(29)23-33-32-22-25(28)30-20-16-19-27(7-3)8-4/h6,9-11,24H,5,7-8,12-23H2,1-4H3/b10-6+,11-9+. The third-order valence-corrected chi connectivity index (χ3v) is 7.39. The molecular formula is C26H47NO4S2. The first-order chi connectivity index (χ1) is 16.1. The van der Waals surface area contributed by atoms with Crippen molar-refractivity contribution in [1.29, 1.82) is 0 Å². The average molecular weight is 502 g/mol. The topological polar surface area (TPSA) is 55.8 Å². The largest absolute Gasteiger partial charge is 0.465 e. The highest BCUT2D eigenvalue weighted by Crippen LogP contribution is 2.22. The van der Waals surface area contributed by atoms with Gasteiger partial charge in [0, 0.05) is 6.54 Å². The highest BCUT2D eigenvalue weighted by Gasteiger charge is 2.12. The lowest BCUT2D eigenvalue weighted by Crippen LogP contribution is -2.25. The van der Waals surface area contributed by atoms with Crippen molar-refractivity contribution < 1.29 is 19.1 Å². The number of allylic oxidation sites excluding steroid dienone is 4. The van der Waals surface area contributed by atoms with Gasteiger partial charge in [-0.1, -0.05) is 73.1 Å². The summed E-state index contributed by atoms with van der Waals surface area (Å²) in [6.07, 6.45) is 17.3. The van der Waals surface area contributed by atoms with Crippen LogP contribution >= 0.6 is 21.6 Å². The van der Waals surface area contributed by atoms with Gasteiger partial charge < -0.3 is 14.4 Å². The third-order valence-electron chi connectivity index (χ3n) is 5.31. The van der Waals surface area contributed by atoms with E-state index in [1.54, 1.807) is 0 Å². The van der Waals surface area contributed by atoms with Crippen molar-refractivity contribution >= 4 is 33.5 Å². The van der Waals surface area contributed by atoms with Crippen molar-refractivity contribution in [2.45, 2.75) is 79.1 Å². The number of carbonyl (C=O) groups excluding carboxylic acids is 2. The summed E-state index contributed by atoms with van der Waals surface area (Å²) >= 11 is 0. The smallest absolute Gasteiger partial charge is 0.316 e. The van der Waals surface area contributed by atoms with E-state index in [4.69, 9.17) is 9.47 Å². The molecule has 1 atom stereocenters. The molecule has 0 fully saturated rings. The fraction of sp³-hybridized carbons (Fsp3) is 0.769. The lowest BCUT2D eigenvalue weighted by Gasteiger charge is -2.17. The van der Waals surface area contributed by atoms with Gasteiger partial charge in [0.2, 0.25) is 0 Å². The summed E-state index contributed by atoms with van der Waals surface area (Å²) in [6.45, 7) is 12.4. The predicted molar refractivity (Wildman–Crippen MR) is 145 cm³/mol. The van der Waals surface area contributed by atoms with Gasteiger partial charge >= 0.3 is 11.9 Å². The SMILES string of the molecule is C/C=C/CCC(CCCC/C=C/CC)COC(=O)CSSCC(=O)OCCCN(CC)CC. The summed E-state index contributed by atoms with van der Waals surface area (Å²) in [6, 6.07) is 0. The molecule has 0 bridgehead atoms. The lowest BCUT2D eigenvalue weighted by atomic mass is 9.96. The Morgan fingerprint density at radius 1 is 0.848 bits per heavy atom. The Kier molecular flexibility index (Phi) is 23.5. The maximum Gasteiger partial charge on any atom is 0.316 e. The van der Waals surface area contributed by atoms with Crippen LogP contribution in [0.1, 0.15) is 79.1 Å². The summed E-state index contributed by atoms with van der Waals surface area (Å²) < 4.78 is 10.8. The number of hydrogen-bond acceptors (Lipinski definition) is 7. The van der Waals surface area contributed by atoms with E-state index in [1.165, 1.54) is 28.0 Å². The number of carbonyl (C=O) groups is 2. The first-order valence-electron chi connectivity index (χ1n) is 12.6. The molecule has 0 aromatic carbocycles. The molecule has 0 amide bonds. The summed E-state index contributed by atoms with van der Waals surface area (Å²) in [5.74, 6) is 0.481. The van der Waals surface area contributed by atoms with Crippen LogP contribution in [0.25, 0.3) is 0 Å². The van der Waals surface area contributed by atoms with Gasteiger partial charge in [-0.25, -0.2) is 0 Å². The molecule has 7 heteroatoms. The van der Waals surface area contributed by atoms with Crippen LogP contribution < -0.4 is 0 Å². The second kappa shape index (κ2) is 24.2. The third kappa shape index (κ3) is 21.4. The van der Waals surface area contributed by atoms with E-state index in [-0.39, 0.29) is 23.4 Å². The zero-order valence-corrected chi connectivity index (χ0v) is 23.0. The molecule has 0 heterocycles. The van der Waals surface area contributed by atoms with Crippen LogP contribution in [0.2, 0.25) is 0 Å². The molecule has 0 radical (unpaired) electrons. The Hall–Kier alpha value is -0.920. The van der Waals surface area contributed by atoms with Crippen LogP contribution in [0.3, 0.4) is 0 Å². The molecule has 33 heavy (non-hydrogen) atoms. The van der Waals surface area contributed by atoms with E-state index in [2.05, 4.69) is 50.0 Å². The predicted octanol–water partition coefficient (Wildman–Crippen LogP) is 6.69. The van der Waals surface area contributed by atoms with Crippen LogP contribution in [-0.2, 0) is 19.1 Å². The van der Waals surface area contributed by atoms with Gasteiger partial charge in [0.1, 0.15) is 11.5 Å². The van der Waals surface area contributed by atoms with Crippen molar-refractivity contribution in [2.75, 3.05) is 44.4 Å². The Morgan fingerprint density at radius 2 is 1.55 bits per heavy atom. The first kappa shape index (κ1) is 32.1.